The van der Waals surface area contributed by atoms with E-state index in [0.29, 0.717) is 39.1 Å². The number of nitrogens with zero attached hydrogens (tertiary/aromatic N) is 1. The standard InChI is InChI=1S/C14H20F3NO3/c1-20-9-12-3-2-11(21-12)8-18-6-4-10(5-7-18)13(19)14(15,16)17/h2-3,10,13,19H,4-9H2,1H3. The maximum atomic E-state index is 12.5. The molecule has 7 heteroatoms. The fourth-order valence-corrected chi connectivity index (χ4v) is 2.64. The van der Waals surface area contributed by atoms with Crippen molar-refractivity contribution in [3.8, 4) is 0 Å². The average molecular weight is 307 g/mol. The van der Waals surface area contributed by atoms with Crippen LogP contribution in [0.2, 0.25) is 0 Å². The molecule has 21 heavy (non-hydrogen) atoms. The SMILES string of the molecule is COCc1ccc(CN2CCC(C(O)C(F)(F)F)CC2)o1. The van der Waals surface area contributed by atoms with Crippen molar-refractivity contribution in [3.63, 3.8) is 0 Å². The predicted octanol–water partition coefficient (Wildman–Crippen LogP) is 2.56. The molecule has 0 bridgehead atoms. The van der Waals surface area contributed by atoms with E-state index in [9.17, 15) is 18.3 Å². The zero-order valence-electron chi connectivity index (χ0n) is 11.9. The molecular formula is C14H20F3NO3. The van der Waals surface area contributed by atoms with Gasteiger partial charge in [0.15, 0.2) is 6.10 Å². The first-order chi connectivity index (χ1) is 9.90. The summed E-state index contributed by atoms with van der Waals surface area (Å²) in [6.07, 6.45) is -6.06. The second-order valence-electron chi connectivity index (χ2n) is 5.40. The third-order valence-electron chi connectivity index (χ3n) is 3.80. The fraction of sp³-hybridized carbons (Fsp3) is 0.714. The molecule has 1 atom stereocenters. The van der Waals surface area contributed by atoms with E-state index in [1.807, 2.05) is 17.0 Å². The number of hydrogen-bond donors (Lipinski definition) is 1. The molecule has 1 aromatic heterocycles. The third-order valence-corrected chi connectivity index (χ3v) is 3.80. The van der Waals surface area contributed by atoms with Crippen molar-refractivity contribution in [2.45, 2.75) is 38.3 Å². The summed E-state index contributed by atoms with van der Waals surface area (Å²) in [7, 11) is 1.58. The Morgan fingerprint density at radius 3 is 2.52 bits per heavy atom. The molecule has 0 radical (unpaired) electrons. The number of halogens is 3. The molecule has 1 saturated heterocycles. The Balaban J connectivity index is 1.81. The fourth-order valence-electron chi connectivity index (χ4n) is 2.64. The first-order valence-electron chi connectivity index (χ1n) is 6.94. The molecule has 0 aromatic carbocycles. The summed E-state index contributed by atoms with van der Waals surface area (Å²) in [6.45, 7) is 2.02. The minimum Gasteiger partial charge on any atom is -0.462 e. The maximum Gasteiger partial charge on any atom is 0.414 e. The van der Waals surface area contributed by atoms with Gasteiger partial charge in [-0.05, 0) is 44.0 Å². The number of aliphatic hydroxyl groups is 1. The molecule has 1 fully saturated rings. The van der Waals surface area contributed by atoms with E-state index < -0.39 is 18.2 Å². The monoisotopic (exact) mass is 307 g/mol. The molecule has 2 heterocycles. The quantitative estimate of drug-likeness (QED) is 0.908. The van der Waals surface area contributed by atoms with Gasteiger partial charge in [-0.25, -0.2) is 0 Å². The van der Waals surface area contributed by atoms with Gasteiger partial charge in [0.05, 0.1) is 6.54 Å². The van der Waals surface area contributed by atoms with Crippen LogP contribution in [0.4, 0.5) is 13.2 Å². The molecular weight excluding hydrogens is 287 g/mol. The van der Waals surface area contributed by atoms with Crippen LogP contribution < -0.4 is 0 Å². The van der Waals surface area contributed by atoms with Gasteiger partial charge in [0.2, 0.25) is 0 Å². The number of furan rings is 1. The largest absolute Gasteiger partial charge is 0.462 e. The average Bonchev–Trinajstić information content (AvgIpc) is 2.86. The second kappa shape index (κ2) is 6.81. The Hall–Kier alpha value is -1.05. The zero-order valence-corrected chi connectivity index (χ0v) is 11.9. The topological polar surface area (TPSA) is 45.8 Å². The molecule has 0 amide bonds. The zero-order chi connectivity index (χ0) is 15.5. The van der Waals surface area contributed by atoms with Gasteiger partial charge in [-0.1, -0.05) is 0 Å². The lowest BCUT2D eigenvalue weighted by molar-refractivity contribution is -0.223. The maximum absolute atomic E-state index is 12.5. The van der Waals surface area contributed by atoms with Gasteiger partial charge >= 0.3 is 6.18 Å². The van der Waals surface area contributed by atoms with Crippen LogP contribution in [0.25, 0.3) is 0 Å². The van der Waals surface area contributed by atoms with Gasteiger partial charge in [0, 0.05) is 7.11 Å². The number of ether oxygens (including phenoxy) is 1. The Morgan fingerprint density at radius 1 is 1.33 bits per heavy atom. The lowest BCUT2D eigenvalue weighted by Gasteiger charge is -2.34. The summed E-state index contributed by atoms with van der Waals surface area (Å²) in [5.41, 5.74) is 0. The van der Waals surface area contributed by atoms with Gasteiger partial charge < -0.3 is 14.3 Å². The van der Waals surface area contributed by atoms with Gasteiger partial charge in [-0.3, -0.25) is 4.90 Å². The molecule has 2 rings (SSSR count). The van der Waals surface area contributed by atoms with Crippen LogP contribution in [0.1, 0.15) is 24.4 Å². The van der Waals surface area contributed by atoms with E-state index in [1.54, 1.807) is 7.11 Å². The van der Waals surface area contributed by atoms with Crippen molar-refractivity contribution >= 4 is 0 Å². The molecule has 1 aliphatic heterocycles. The Morgan fingerprint density at radius 2 is 1.95 bits per heavy atom. The van der Waals surface area contributed by atoms with Gasteiger partial charge in [-0.15, -0.1) is 0 Å². The number of methoxy groups -OCH3 is 1. The van der Waals surface area contributed by atoms with Crippen molar-refractivity contribution in [1.82, 2.24) is 4.90 Å². The van der Waals surface area contributed by atoms with Crippen LogP contribution in [0.5, 0.6) is 0 Å². The van der Waals surface area contributed by atoms with Crippen LogP contribution in [0.3, 0.4) is 0 Å². The van der Waals surface area contributed by atoms with Crippen LogP contribution in [-0.2, 0) is 17.9 Å². The van der Waals surface area contributed by atoms with Crippen LogP contribution >= 0.6 is 0 Å². The lowest BCUT2D eigenvalue weighted by Crippen LogP contribution is -2.43. The number of hydrogen-bond acceptors (Lipinski definition) is 4. The minimum atomic E-state index is -4.52. The van der Waals surface area contributed by atoms with Crippen molar-refractivity contribution in [2.75, 3.05) is 20.2 Å². The molecule has 0 spiro atoms. The highest BCUT2D eigenvalue weighted by Gasteiger charge is 2.44. The van der Waals surface area contributed by atoms with Crippen molar-refractivity contribution in [1.29, 1.82) is 0 Å². The number of aliphatic hydroxyl groups excluding tert-OH is 1. The number of rotatable bonds is 5. The van der Waals surface area contributed by atoms with Crippen LogP contribution in [0.15, 0.2) is 16.5 Å². The molecule has 1 N–H and O–H groups in total. The molecule has 0 aliphatic carbocycles. The first-order valence-corrected chi connectivity index (χ1v) is 6.94. The normalized spacial score (nSPS) is 19.9. The van der Waals surface area contributed by atoms with Crippen LogP contribution in [0, 0.1) is 5.92 Å². The second-order valence-corrected chi connectivity index (χ2v) is 5.40. The number of alkyl halides is 3. The Kier molecular flexibility index (Phi) is 5.29. The van der Waals surface area contributed by atoms with E-state index in [0.717, 1.165) is 11.5 Å². The summed E-state index contributed by atoms with van der Waals surface area (Å²) in [6, 6.07) is 3.68. The van der Waals surface area contributed by atoms with Crippen molar-refractivity contribution < 1.29 is 27.4 Å². The van der Waals surface area contributed by atoms with Gasteiger partial charge in [0.1, 0.15) is 18.1 Å². The highest BCUT2D eigenvalue weighted by molar-refractivity contribution is 5.06. The van der Waals surface area contributed by atoms with E-state index >= 15 is 0 Å². The first kappa shape index (κ1) is 16.3. The molecule has 1 aliphatic rings. The van der Waals surface area contributed by atoms with E-state index in [4.69, 9.17) is 9.15 Å². The summed E-state index contributed by atoms with van der Waals surface area (Å²) < 4.78 is 47.9. The third kappa shape index (κ3) is 4.46. The van der Waals surface area contributed by atoms with E-state index in [1.165, 1.54) is 0 Å². The Labute approximate surface area is 121 Å². The predicted molar refractivity (Wildman–Crippen MR) is 69.5 cm³/mol. The molecule has 120 valence electrons. The summed E-state index contributed by atoms with van der Waals surface area (Å²) in [5, 5.41) is 9.27. The number of piperidine rings is 1. The highest BCUT2D eigenvalue weighted by Crippen LogP contribution is 2.31. The Bertz CT molecular complexity index is 439. The van der Waals surface area contributed by atoms with Gasteiger partial charge in [-0.2, -0.15) is 13.2 Å². The molecule has 4 nitrogen and oxygen atoms in total. The summed E-state index contributed by atoms with van der Waals surface area (Å²) in [5.74, 6) is 0.800. The smallest absolute Gasteiger partial charge is 0.414 e. The highest BCUT2D eigenvalue weighted by atomic mass is 19.4. The summed E-state index contributed by atoms with van der Waals surface area (Å²) >= 11 is 0. The van der Waals surface area contributed by atoms with E-state index in [-0.39, 0.29) is 0 Å². The molecule has 1 aromatic rings. The number of likely N-dealkylation sites (tertiary alicyclic amines) is 1. The van der Waals surface area contributed by atoms with Crippen molar-refractivity contribution in [3.05, 3.63) is 23.7 Å². The van der Waals surface area contributed by atoms with Crippen LogP contribution in [-0.4, -0.2) is 42.5 Å². The molecule has 1 unspecified atom stereocenters. The summed E-state index contributed by atoms with van der Waals surface area (Å²) in [4.78, 5) is 2.04. The van der Waals surface area contributed by atoms with Crippen molar-refractivity contribution in [2.24, 2.45) is 5.92 Å². The minimum absolute atomic E-state index is 0.340. The van der Waals surface area contributed by atoms with Gasteiger partial charge in [0.25, 0.3) is 0 Å². The molecule has 0 saturated carbocycles. The van der Waals surface area contributed by atoms with E-state index in [2.05, 4.69) is 0 Å². The lowest BCUT2D eigenvalue weighted by atomic mass is 9.91.